The summed E-state index contributed by atoms with van der Waals surface area (Å²) >= 11 is 6.01. The van der Waals surface area contributed by atoms with Gasteiger partial charge in [-0.3, -0.25) is 9.78 Å². The highest BCUT2D eigenvalue weighted by atomic mass is 35.5. The Hall–Kier alpha value is -2.47. The number of nitrogens with one attached hydrogen (secondary N) is 1. The summed E-state index contributed by atoms with van der Waals surface area (Å²) in [6.45, 7) is 7.85. The van der Waals surface area contributed by atoms with Gasteiger partial charge in [-0.2, -0.15) is 0 Å². The zero-order chi connectivity index (χ0) is 22.5. The number of aryl methyl sites for hydroxylation is 1. The summed E-state index contributed by atoms with van der Waals surface area (Å²) in [5.41, 5.74) is 4.90. The minimum atomic E-state index is -0.850. The summed E-state index contributed by atoms with van der Waals surface area (Å²) in [5, 5.41) is 22.6. The molecule has 0 bridgehead atoms. The Kier molecular flexibility index (Phi) is 7.96. The van der Waals surface area contributed by atoms with Crippen molar-refractivity contribution in [2.24, 2.45) is 0 Å². The van der Waals surface area contributed by atoms with Gasteiger partial charge >= 0.3 is 5.97 Å². The van der Waals surface area contributed by atoms with E-state index in [0.717, 1.165) is 38.9 Å². The zero-order valence-corrected chi connectivity index (χ0v) is 18.8. The quantitative estimate of drug-likeness (QED) is 0.533. The number of rotatable bonds is 5. The first-order valence-corrected chi connectivity index (χ1v) is 10.1. The maximum absolute atomic E-state index is 11.4. The standard InChI is InChI=1S/C20H19ClN2O2.C4H10O/c1-12-9-18-16(8-7-15(23-18)11-22-2)20(17(12)10-19(24)25)13-3-5-14(21)6-4-13;1-4(2,3)5/h3-9,22H,10-11H2,1-2H3,(H,24,25);5H,1-3H3. The molecule has 3 rings (SSSR count). The number of hydrogen-bond acceptors (Lipinski definition) is 4. The van der Waals surface area contributed by atoms with Crippen LogP contribution in [0.1, 0.15) is 37.6 Å². The molecule has 6 heteroatoms. The van der Waals surface area contributed by atoms with Crippen LogP contribution in [0.25, 0.3) is 22.0 Å². The summed E-state index contributed by atoms with van der Waals surface area (Å²) < 4.78 is 0. The number of aromatic nitrogens is 1. The fourth-order valence-electron chi connectivity index (χ4n) is 3.10. The topological polar surface area (TPSA) is 82.5 Å². The smallest absolute Gasteiger partial charge is 0.307 e. The van der Waals surface area contributed by atoms with E-state index in [0.29, 0.717) is 11.6 Å². The van der Waals surface area contributed by atoms with Crippen molar-refractivity contribution >= 4 is 28.5 Å². The van der Waals surface area contributed by atoms with Gasteiger partial charge in [-0.05, 0) is 81.3 Å². The van der Waals surface area contributed by atoms with Crippen molar-refractivity contribution in [1.82, 2.24) is 10.3 Å². The van der Waals surface area contributed by atoms with E-state index >= 15 is 0 Å². The first kappa shape index (κ1) is 23.8. The number of hydrogen-bond donors (Lipinski definition) is 3. The Balaban J connectivity index is 0.000000575. The van der Waals surface area contributed by atoms with Crippen molar-refractivity contribution in [3.63, 3.8) is 0 Å². The number of nitrogens with zero attached hydrogens (tertiary/aromatic N) is 1. The van der Waals surface area contributed by atoms with Crippen LogP contribution in [0.5, 0.6) is 0 Å². The van der Waals surface area contributed by atoms with E-state index in [1.54, 1.807) is 20.8 Å². The Morgan fingerprint density at radius 1 is 1.13 bits per heavy atom. The summed E-state index contributed by atoms with van der Waals surface area (Å²) in [5.74, 6) is -0.850. The lowest BCUT2D eigenvalue weighted by Gasteiger charge is -2.16. The molecule has 0 saturated carbocycles. The van der Waals surface area contributed by atoms with Gasteiger partial charge in [0.1, 0.15) is 0 Å². The Morgan fingerprint density at radius 3 is 2.27 bits per heavy atom. The van der Waals surface area contributed by atoms with Crippen molar-refractivity contribution in [1.29, 1.82) is 0 Å². The zero-order valence-electron chi connectivity index (χ0n) is 18.1. The molecule has 0 spiro atoms. The Labute approximate surface area is 182 Å². The third kappa shape index (κ3) is 6.80. The first-order chi connectivity index (χ1) is 14.0. The molecule has 30 heavy (non-hydrogen) atoms. The summed E-state index contributed by atoms with van der Waals surface area (Å²) in [6, 6.07) is 13.4. The van der Waals surface area contributed by atoms with E-state index in [4.69, 9.17) is 21.7 Å². The summed E-state index contributed by atoms with van der Waals surface area (Å²) in [4.78, 5) is 16.1. The molecule has 0 aliphatic carbocycles. The maximum atomic E-state index is 11.4. The van der Waals surface area contributed by atoms with E-state index in [1.165, 1.54) is 0 Å². The second-order valence-corrected chi connectivity index (χ2v) is 8.63. The number of carboxylic acid groups (broad SMARTS) is 1. The third-order valence-electron chi connectivity index (χ3n) is 4.20. The molecule has 160 valence electrons. The van der Waals surface area contributed by atoms with Crippen LogP contribution in [-0.4, -0.2) is 33.8 Å². The highest BCUT2D eigenvalue weighted by Gasteiger charge is 2.16. The second-order valence-electron chi connectivity index (χ2n) is 8.19. The van der Waals surface area contributed by atoms with Gasteiger partial charge in [0, 0.05) is 17.0 Å². The van der Waals surface area contributed by atoms with Crippen LogP contribution < -0.4 is 5.32 Å². The number of fused-ring (bicyclic) bond motifs is 1. The molecule has 1 heterocycles. The largest absolute Gasteiger partial charge is 0.481 e. The Morgan fingerprint density at radius 2 is 1.73 bits per heavy atom. The lowest BCUT2D eigenvalue weighted by atomic mass is 9.90. The highest BCUT2D eigenvalue weighted by Crippen LogP contribution is 2.35. The average Bonchev–Trinajstić information content (AvgIpc) is 2.62. The Bertz CT molecular complexity index is 1020. The average molecular weight is 429 g/mol. The van der Waals surface area contributed by atoms with Gasteiger partial charge in [-0.1, -0.05) is 29.8 Å². The highest BCUT2D eigenvalue weighted by molar-refractivity contribution is 6.30. The lowest BCUT2D eigenvalue weighted by Crippen LogP contribution is -2.10. The minimum Gasteiger partial charge on any atom is -0.481 e. The van der Waals surface area contributed by atoms with E-state index in [9.17, 15) is 9.90 Å². The molecule has 0 radical (unpaired) electrons. The van der Waals surface area contributed by atoms with E-state index in [-0.39, 0.29) is 6.42 Å². The molecular formula is C24H29ClN2O3. The number of carbonyl (C=O) groups is 1. The van der Waals surface area contributed by atoms with Gasteiger partial charge in [0.25, 0.3) is 0 Å². The molecule has 1 aromatic heterocycles. The number of aliphatic hydroxyl groups is 1. The molecule has 2 aromatic carbocycles. The van der Waals surface area contributed by atoms with E-state index in [2.05, 4.69) is 5.32 Å². The SMILES string of the molecule is CC(C)(C)O.CNCc1ccc2c(-c3ccc(Cl)cc3)c(CC(=O)O)c(C)cc2n1. The van der Waals surface area contributed by atoms with E-state index in [1.807, 2.05) is 56.4 Å². The van der Waals surface area contributed by atoms with Gasteiger partial charge in [-0.15, -0.1) is 0 Å². The molecule has 0 saturated heterocycles. The number of carboxylic acids is 1. The van der Waals surface area contributed by atoms with Gasteiger partial charge in [0.05, 0.1) is 23.2 Å². The molecule has 0 fully saturated rings. The van der Waals surface area contributed by atoms with Crippen molar-refractivity contribution in [3.05, 3.63) is 64.3 Å². The van der Waals surface area contributed by atoms with Crippen LogP contribution in [0.4, 0.5) is 0 Å². The molecule has 3 aromatic rings. The van der Waals surface area contributed by atoms with Gasteiger partial charge < -0.3 is 15.5 Å². The van der Waals surface area contributed by atoms with E-state index < -0.39 is 11.6 Å². The van der Waals surface area contributed by atoms with Crippen LogP contribution in [-0.2, 0) is 17.8 Å². The van der Waals surface area contributed by atoms with Crippen LogP contribution in [0.2, 0.25) is 5.02 Å². The van der Waals surface area contributed by atoms with Crippen LogP contribution >= 0.6 is 11.6 Å². The number of benzene rings is 2. The van der Waals surface area contributed by atoms with Crippen molar-refractivity contribution in [3.8, 4) is 11.1 Å². The summed E-state index contributed by atoms with van der Waals surface area (Å²) in [6.07, 6.45) is -0.0298. The number of pyridine rings is 1. The molecule has 0 atom stereocenters. The monoisotopic (exact) mass is 428 g/mol. The van der Waals surface area contributed by atoms with Crippen LogP contribution in [0.15, 0.2) is 42.5 Å². The van der Waals surface area contributed by atoms with Crippen molar-refractivity contribution in [2.45, 2.75) is 46.3 Å². The molecule has 0 unspecified atom stereocenters. The molecule has 5 nitrogen and oxygen atoms in total. The fourth-order valence-corrected chi connectivity index (χ4v) is 3.22. The predicted molar refractivity (Wildman–Crippen MR) is 123 cm³/mol. The number of halogens is 1. The van der Waals surface area contributed by atoms with Gasteiger partial charge in [0.15, 0.2) is 0 Å². The first-order valence-electron chi connectivity index (χ1n) is 9.76. The second kappa shape index (κ2) is 10.0. The normalized spacial score (nSPS) is 11.2. The minimum absolute atomic E-state index is 0.0298. The molecule has 0 amide bonds. The van der Waals surface area contributed by atoms with Crippen molar-refractivity contribution < 1.29 is 15.0 Å². The maximum Gasteiger partial charge on any atom is 0.307 e. The molecule has 3 N–H and O–H groups in total. The summed E-state index contributed by atoms with van der Waals surface area (Å²) in [7, 11) is 1.88. The van der Waals surface area contributed by atoms with Gasteiger partial charge in [-0.25, -0.2) is 0 Å². The van der Waals surface area contributed by atoms with Crippen molar-refractivity contribution in [2.75, 3.05) is 7.05 Å². The lowest BCUT2D eigenvalue weighted by molar-refractivity contribution is -0.136. The molecule has 0 aliphatic heterocycles. The molecule has 0 aliphatic rings. The van der Waals surface area contributed by atoms with Crippen LogP contribution in [0.3, 0.4) is 0 Å². The van der Waals surface area contributed by atoms with Gasteiger partial charge in [0.2, 0.25) is 0 Å². The predicted octanol–water partition coefficient (Wildman–Crippen LogP) is 4.99. The third-order valence-corrected chi connectivity index (χ3v) is 4.45. The molecular weight excluding hydrogens is 400 g/mol. The fraction of sp³-hybridized carbons (Fsp3) is 0.333. The number of aliphatic carboxylic acids is 1. The van der Waals surface area contributed by atoms with Crippen LogP contribution in [0, 0.1) is 6.92 Å².